The lowest BCUT2D eigenvalue weighted by molar-refractivity contribution is -0.120. The van der Waals surface area contributed by atoms with Crippen molar-refractivity contribution in [3.8, 4) is 0 Å². The Balaban J connectivity index is 1.86. The molecule has 1 aromatic rings. The van der Waals surface area contributed by atoms with Crippen LogP contribution in [0, 0.1) is 0 Å². The molecule has 1 unspecified atom stereocenters. The SMILES string of the molecule is CCC(F)(F)c1cnc2c(c1)N(C(=O)CN1CCNC(C)C1)CC2(C)C. The van der Waals surface area contributed by atoms with E-state index in [4.69, 9.17) is 0 Å². The Kier molecular flexibility index (Phi) is 5.05. The standard InChI is InChI=1S/C19H28F2N4O/c1-5-19(20,21)14-8-15-17(23-9-14)18(3,4)12-25(15)16(26)11-24-7-6-22-13(2)10-24/h8-9,13,22H,5-7,10-12H2,1-4H3. The van der Waals surface area contributed by atoms with E-state index in [-0.39, 0.29) is 23.3 Å². The molecule has 0 spiro atoms. The fourth-order valence-electron chi connectivity index (χ4n) is 3.79. The number of rotatable bonds is 4. The van der Waals surface area contributed by atoms with E-state index >= 15 is 0 Å². The van der Waals surface area contributed by atoms with Crippen LogP contribution in [0.4, 0.5) is 14.5 Å². The quantitative estimate of drug-likeness (QED) is 0.890. The molecule has 2 aliphatic rings. The molecule has 1 amide bonds. The average Bonchev–Trinajstić information content (AvgIpc) is 2.86. The van der Waals surface area contributed by atoms with E-state index in [1.165, 1.54) is 19.2 Å². The highest BCUT2D eigenvalue weighted by Crippen LogP contribution is 2.42. The molecule has 0 aliphatic carbocycles. The molecule has 0 radical (unpaired) electrons. The minimum atomic E-state index is -2.93. The van der Waals surface area contributed by atoms with Gasteiger partial charge in [-0.05, 0) is 13.0 Å². The lowest BCUT2D eigenvalue weighted by atomic mass is 9.91. The Labute approximate surface area is 153 Å². The number of fused-ring (bicyclic) bond motifs is 1. The number of anilines is 1. The van der Waals surface area contributed by atoms with Gasteiger partial charge in [-0.25, -0.2) is 8.78 Å². The lowest BCUT2D eigenvalue weighted by Crippen LogP contribution is -2.52. The third kappa shape index (κ3) is 3.60. The van der Waals surface area contributed by atoms with E-state index in [2.05, 4.69) is 22.1 Å². The molecule has 3 rings (SSSR count). The van der Waals surface area contributed by atoms with Crippen LogP contribution in [-0.2, 0) is 16.1 Å². The fourth-order valence-corrected chi connectivity index (χ4v) is 3.79. The van der Waals surface area contributed by atoms with Crippen molar-refractivity contribution in [2.75, 3.05) is 37.6 Å². The van der Waals surface area contributed by atoms with Crippen molar-refractivity contribution in [1.29, 1.82) is 0 Å². The van der Waals surface area contributed by atoms with Crippen molar-refractivity contribution in [3.05, 3.63) is 23.5 Å². The number of amides is 1. The van der Waals surface area contributed by atoms with Crippen LogP contribution in [0.3, 0.4) is 0 Å². The molecule has 7 heteroatoms. The number of halogens is 2. The molecule has 0 bridgehead atoms. The molecule has 26 heavy (non-hydrogen) atoms. The second-order valence-electron chi connectivity index (χ2n) is 8.10. The third-order valence-corrected chi connectivity index (χ3v) is 5.33. The topological polar surface area (TPSA) is 48.5 Å². The van der Waals surface area contributed by atoms with Crippen molar-refractivity contribution in [1.82, 2.24) is 15.2 Å². The van der Waals surface area contributed by atoms with Gasteiger partial charge in [0.05, 0.1) is 17.9 Å². The van der Waals surface area contributed by atoms with Crippen LogP contribution in [0.1, 0.15) is 45.4 Å². The Bertz CT molecular complexity index is 692. The molecule has 5 nitrogen and oxygen atoms in total. The Morgan fingerprint density at radius 3 is 2.85 bits per heavy atom. The van der Waals surface area contributed by atoms with Gasteiger partial charge in [-0.1, -0.05) is 20.8 Å². The van der Waals surface area contributed by atoms with Crippen LogP contribution in [0.15, 0.2) is 12.3 Å². The van der Waals surface area contributed by atoms with Gasteiger partial charge in [-0.2, -0.15) is 0 Å². The van der Waals surface area contributed by atoms with Crippen LogP contribution >= 0.6 is 0 Å². The second kappa shape index (κ2) is 6.85. The maximum atomic E-state index is 14.1. The predicted molar refractivity (Wildman–Crippen MR) is 97.7 cm³/mol. The summed E-state index contributed by atoms with van der Waals surface area (Å²) in [6, 6.07) is 1.80. The molecule has 2 aliphatic heterocycles. The predicted octanol–water partition coefficient (Wildman–Crippen LogP) is 2.50. The number of hydrogen-bond acceptors (Lipinski definition) is 4. The molecular weight excluding hydrogens is 338 g/mol. The van der Waals surface area contributed by atoms with Crippen LogP contribution in [0.25, 0.3) is 0 Å². The zero-order chi connectivity index (χ0) is 19.1. The van der Waals surface area contributed by atoms with Gasteiger partial charge in [0.1, 0.15) is 0 Å². The summed E-state index contributed by atoms with van der Waals surface area (Å²) in [5, 5.41) is 3.35. The molecule has 0 saturated carbocycles. The van der Waals surface area contributed by atoms with Gasteiger partial charge in [0.15, 0.2) is 0 Å². The van der Waals surface area contributed by atoms with Crippen molar-refractivity contribution < 1.29 is 13.6 Å². The summed E-state index contributed by atoms with van der Waals surface area (Å²) in [5.41, 5.74) is 0.788. The van der Waals surface area contributed by atoms with Crippen molar-refractivity contribution >= 4 is 11.6 Å². The Hall–Kier alpha value is -1.60. The van der Waals surface area contributed by atoms with Crippen LogP contribution in [-0.4, -0.2) is 54.6 Å². The van der Waals surface area contributed by atoms with Gasteiger partial charge in [0.2, 0.25) is 5.91 Å². The number of pyridine rings is 1. The summed E-state index contributed by atoms with van der Waals surface area (Å²) in [6.45, 7) is 10.8. The molecule has 1 aromatic heterocycles. The normalized spacial score (nSPS) is 23.2. The minimum Gasteiger partial charge on any atom is -0.312 e. The zero-order valence-electron chi connectivity index (χ0n) is 16.0. The number of nitrogens with zero attached hydrogens (tertiary/aromatic N) is 3. The molecule has 144 valence electrons. The number of aromatic nitrogens is 1. The van der Waals surface area contributed by atoms with Gasteiger partial charge in [-0.3, -0.25) is 14.7 Å². The molecule has 1 fully saturated rings. The molecule has 0 aromatic carbocycles. The van der Waals surface area contributed by atoms with E-state index in [9.17, 15) is 13.6 Å². The first-order valence-corrected chi connectivity index (χ1v) is 9.29. The van der Waals surface area contributed by atoms with E-state index in [0.29, 0.717) is 24.8 Å². The molecule has 3 heterocycles. The smallest absolute Gasteiger partial charge is 0.274 e. The first kappa shape index (κ1) is 19.2. The summed E-state index contributed by atoms with van der Waals surface area (Å²) in [6.07, 6.45) is 0.972. The van der Waals surface area contributed by atoms with E-state index in [0.717, 1.165) is 25.3 Å². The number of hydrogen-bond donors (Lipinski definition) is 1. The van der Waals surface area contributed by atoms with Crippen molar-refractivity contribution in [2.45, 2.75) is 51.5 Å². The Morgan fingerprint density at radius 2 is 2.19 bits per heavy atom. The highest BCUT2D eigenvalue weighted by molar-refractivity contribution is 5.97. The maximum absolute atomic E-state index is 14.1. The summed E-state index contributed by atoms with van der Waals surface area (Å²) >= 11 is 0. The van der Waals surface area contributed by atoms with Gasteiger partial charge in [0, 0.05) is 55.8 Å². The third-order valence-electron chi connectivity index (χ3n) is 5.33. The van der Waals surface area contributed by atoms with E-state index in [1.54, 1.807) is 4.90 Å². The lowest BCUT2D eigenvalue weighted by Gasteiger charge is -2.32. The first-order chi connectivity index (χ1) is 12.1. The molecule has 1 saturated heterocycles. The molecule has 1 N–H and O–H groups in total. The second-order valence-corrected chi connectivity index (χ2v) is 8.10. The number of alkyl halides is 2. The number of piperazine rings is 1. The van der Waals surface area contributed by atoms with Crippen molar-refractivity contribution in [3.63, 3.8) is 0 Å². The maximum Gasteiger partial charge on any atom is 0.274 e. The number of carbonyl (C=O) groups is 1. The van der Waals surface area contributed by atoms with Crippen LogP contribution in [0.2, 0.25) is 0 Å². The van der Waals surface area contributed by atoms with Gasteiger partial charge >= 0.3 is 0 Å². The zero-order valence-corrected chi connectivity index (χ0v) is 16.0. The highest BCUT2D eigenvalue weighted by Gasteiger charge is 2.41. The number of nitrogens with one attached hydrogen (secondary N) is 1. The van der Waals surface area contributed by atoms with Gasteiger partial charge in [0.25, 0.3) is 5.92 Å². The van der Waals surface area contributed by atoms with Crippen molar-refractivity contribution in [2.24, 2.45) is 0 Å². The highest BCUT2D eigenvalue weighted by atomic mass is 19.3. The summed E-state index contributed by atoms with van der Waals surface area (Å²) in [5.74, 6) is -2.98. The van der Waals surface area contributed by atoms with Crippen LogP contribution < -0.4 is 10.2 Å². The summed E-state index contributed by atoms with van der Waals surface area (Å²) in [4.78, 5) is 21.0. The first-order valence-electron chi connectivity index (χ1n) is 9.29. The largest absolute Gasteiger partial charge is 0.312 e. The Morgan fingerprint density at radius 1 is 1.46 bits per heavy atom. The van der Waals surface area contributed by atoms with E-state index < -0.39 is 5.92 Å². The number of carbonyl (C=O) groups excluding carboxylic acids is 1. The van der Waals surface area contributed by atoms with E-state index in [1.807, 2.05) is 13.8 Å². The van der Waals surface area contributed by atoms with Gasteiger partial charge in [-0.15, -0.1) is 0 Å². The van der Waals surface area contributed by atoms with Gasteiger partial charge < -0.3 is 10.2 Å². The fraction of sp³-hybridized carbons (Fsp3) is 0.684. The summed E-state index contributed by atoms with van der Waals surface area (Å²) < 4.78 is 28.3. The van der Waals surface area contributed by atoms with Crippen LogP contribution in [0.5, 0.6) is 0 Å². The molecular formula is C19H28F2N4O. The average molecular weight is 366 g/mol. The molecule has 1 atom stereocenters. The minimum absolute atomic E-state index is 0.0512. The monoisotopic (exact) mass is 366 g/mol. The summed E-state index contributed by atoms with van der Waals surface area (Å²) in [7, 11) is 0.